The molecule has 0 bridgehead atoms. The van der Waals surface area contributed by atoms with Gasteiger partial charge in [-0.05, 0) is 36.4 Å². The zero-order valence-corrected chi connectivity index (χ0v) is 18.8. The van der Waals surface area contributed by atoms with Crippen LogP contribution in [0.2, 0.25) is 10.0 Å². The van der Waals surface area contributed by atoms with Crippen LogP contribution < -0.4 is 14.4 Å². The minimum absolute atomic E-state index is 0.357. The summed E-state index contributed by atoms with van der Waals surface area (Å²) in [6.07, 6.45) is 1.78. The Kier molecular flexibility index (Phi) is 5.44. The van der Waals surface area contributed by atoms with Gasteiger partial charge >= 0.3 is 0 Å². The van der Waals surface area contributed by atoms with Gasteiger partial charge in [-0.3, -0.25) is 4.99 Å². The lowest BCUT2D eigenvalue weighted by Crippen LogP contribution is -2.20. The quantitative estimate of drug-likeness (QED) is 0.319. The van der Waals surface area contributed by atoms with Crippen molar-refractivity contribution < 1.29 is 9.47 Å². The third-order valence-electron chi connectivity index (χ3n) is 4.95. The van der Waals surface area contributed by atoms with E-state index in [4.69, 9.17) is 32.7 Å². The number of benzene rings is 3. The summed E-state index contributed by atoms with van der Waals surface area (Å²) in [5.41, 5.74) is 3.82. The van der Waals surface area contributed by atoms with Crippen LogP contribution in [0.3, 0.4) is 0 Å². The zero-order valence-electron chi connectivity index (χ0n) is 16.5. The summed E-state index contributed by atoms with van der Waals surface area (Å²) in [5.74, 6) is 1.30. The van der Waals surface area contributed by atoms with E-state index in [0.717, 1.165) is 32.2 Å². The van der Waals surface area contributed by atoms with Crippen molar-refractivity contribution in [1.82, 2.24) is 4.98 Å². The number of hydrogen-bond donors (Lipinski definition) is 0. The first kappa shape index (κ1) is 20.1. The van der Waals surface area contributed by atoms with Gasteiger partial charge in [0.05, 0.1) is 45.9 Å². The highest BCUT2D eigenvalue weighted by atomic mass is 35.5. The summed E-state index contributed by atoms with van der Waals surface area (Å²) >= 11 is 13.9. The van der Waals surface area contributed by atoms with E-state index < -0.39 is 0 Å². The fourth-order valence-corrected chi connectivity index (χ4v) is 4.63. The van der Waals surface area contributed by atoms with Gasteiger partial charge in [0.2, 0.25) is 0 Å². The molecule has 156 valence electrons. The van der Waals surface area contributed by atoms with Crippen molar-refractivity contribution in [2.75, 3.05) is 12.0 Å². The monoisotopic (exact) mass is 469 g/mol. The van der Waals surface area contributed by atoms with Gasteiger partial charge in [-0.2, -0.15) is 0 Å². The molecule has 0 fully saturated rings. The highest BCUT2D eigenvalue weighted by Gasteiger charge is 2.21. The number of aromatic nitrogens is 1. The highest BCUT2D eigenvalue weighted by Crippen LogP contribution is 2.41. The van der Waals surface area contributed by atoms with E-state index in [1.807, 2.05) is 47.4 Å². The SMILES string of the molecule is COc1cc2c(cc1OCc1nc3ccccc3s1)N(c1ccc(Cl)c(Cl)c1)C=NC2. The number of ether oxygens (including phenoxy) is 2. The van der Waals surface area contributed by atoms with Gasteiger partial charge in [0.1, 0.15) is 11.6 Å². The van der Waals surface area contributed by atoms with Crippen molar-refractivity contribution in [3.05, 3.63) is 75.2 Å². The molecule has 5 nitrogen and oxygen atoms in total. The number of halogens is 2. The lowest BCUT2D eigenvalue weighted by molar-refractivity contribution is 0.284. The Hall–Kier alpha value is -2.80. The molecule has 1 aliphatic heterocycles. The van der Waals surface area contributed by atoms with Crippen LogP contribution in [0.15, 0.2) is 59.6 Å². The van der Waals surface area contributed by atoms with E-state index in [2.05, 4.69) is 16.0 Å². The molecule has 0 N–H and O–H groups in total. The van der Waals surface area contributed by atoms with Gasteiger partial charge in [0, 0.05) is 17.3 Å². The molecular weight excluding hydrogens is 453 g/mol. The molecule has 1 aliphatic rings. The largest absolute Gasteiger partial charge is 0.493 e. The van der Waals surface area contributed by atoms with Crippen LogP contribution >= 0.6 is 34.5 Å². The average Bonchev–Trinajstić information content (AvgIpc) is 3.21. The molecule has 3 aromatic carbocycles. The van der Waals surface area contributed by atoms with Crippen molar-refractivity contribution in [3.63, 3.8) is 0 Å². The fraction of sp³-hybridized carbons (Fsp3) is 0.130. The lowest BCUT2D eigenvalue weighted by Gasteiger charge is -2.27. The first-order chi connectivity index (χ1) is 15.1. The smallest absolute Gasteiger partial charge is 0.163 e. The Morgan fingerprint density at radius 2 is 1.90 bits per heavy atom. The number of para-hydroxylation sites is 1. The number of fused-ring (bicyclic) bond motifs is 2. The van der Waals surface area contributed by atoms with Crippen LogP contribution in [-0.4, -0.2) is 18.4 Å². The van der Waals surface area contributed by atoms with E-state index in [1.165, 1.54) is 0 Å². The number of hydrogen-bond acceptors (Lipinski definition) is 6. The van der Waals surface area contributed by atoms with Crippen LogP contribution in [0.5, 0.6) is 11.5 Å². The van der Waals surface area contributed by atoms with Gasteiger partial charge < -0.3 is 14.4 Å². The topological polar surface area (TPSA) is 47.0 Å². The fourth-order valence-electron chi connectivity index (χ4n) is 3.46. The number of nitrogens with zero attached hydrogens (tertiary/aromatic N) is 3. The predicted molar refractivity (Wildman–Crippen MR) is 128 cm³/mol. The van der Waals surface area contributed by atoms with E-state index >= 15 is 0 Å². The summed E-state index contributed by atoms with van der Waals surface area (Å²) in [6, 6.07) is 17.5. The molecule has 5 rings (SSSR count). The standard InChI is InChI=1S/C23H17Cl2N3O2S/c1-29-20-8-14-11-26-13-28(15-6-7-16(24)17(25)9-15)19(14)10-21(20)30-12-23-27-18-4-2-3-5-22(18)31-23/h2-10,13H,11-12H2,1H3. The summed E-state index contributed by atoms with van der Waals surface area (Å²) in [6.45, 7) is 0.914. The molecule has 0 saturated carbocycles. The molecule has 0 aliphatic carbocycles. The Bertz CT molecular complexity index is 1270. The first-order valence-corrected chi connectivity index (χ1v) is 11.1. The Balaban J connectivity index is 1.47. The minimum atomic E-state index is 0.357. The van der Waals surface area contributed by atoms with Crippen molar-refractivity contribution in [2.45, 2.75) is 13.2 Å². The summed E-state index contributed by atoms with van der Waals surface area (Å²) in [7, 11) is 1.63. The van der Waals surface area contributed by atoms with Crippen LogP contribution in [-0.2, 0) is 13.2 Å². The van der Waals surface area contributed by atoms with Crippen LogP contribution in [0.25, 0.3) is 10.2 Å². The second kappa shape index (κ2) is 8.38. The Morgan fingerprint density at radius 3 is 2.71 bits per heavy atom. The molecule has 0 radical (unpaired) electrons. The second-order valence-corrected chi connectivity index (χ2v) is 8.85. The number of rotatable bonds is 5. The van der Waals surface area contributed by atoms with E-state index in [0.29, 0.717) is 34.7 Å². The molecule has 8 heteroatoms. The van der Waals surface area contributed by atoms with Crippen LogP contribution in [0, 0.1) is 0 Å². The van der Waals surface area contributed by atoms with E-state index in [-0.39, 0.29) is 0 Å². The molecular formula is C23H17Cl2N3O2S. The molecule has 0 unspecified atom stereocenters. The molecule has 4 aromatic rings. The lowest BCUT2D eigenvalue weighted by atomic mass is 10.1. The summed E-state index contributed by atoms with van der Waals surface area (Å²) in [5, 5.41) is 1.90. The summed E-state index contributed by atoms with van der Waals surface area (Å²) in [4.78, 5) is 11.1. The van der Waals surface area contributed by atoms with E-state index in [1.54, 1.807) is 30.9 Å². The minimum Gasteiger partial charge on any atom is -0.493 e. The van der Waals surface area contributed by atoms with Crippen molar-refractivity contribution in [2.24, 2.45) is 4.99 Å². The molecule has 2 heterocycles. The number of methoxy groups -OCH3 is 1. The number of thiazole rings is 1. The van der Waals surface area contributed by atoms with Gasteiger partial charge in [-0.15, -0.1) is 11.3 Å². The zero-order chi connectivity index (χ0) is 21.4. The Labute approximate surface area is 193 Å². The normalized spacial score (nSPS) is 12.8. The maximum absolute atomic E-state index is 6.24. The van der Waals surface area contributed by atoms with Crippen LogP contribution in [0.1, 0.15) is 10.6 Å². The second-order valence-electron chi connectivity index (χ2n) is 6.92. The maximum Gasteiger partial charge on any atom is 0.163 e. The molecule has 1 aromatic heterocycles. The molecule has 31 heavy (non-hydrogen) atoms. The van der Waals surface area contributed by atoms with Crippen molar-refractivity contribution in [3.8, 4) is 11.5 Å². The van der Waals surface area contributed by atoms with Gasteiger partial charge in [-0.1, -0.05) is 35.3 Å². The van der Waals surface area contributed by atoms with E-state index in [9.17, 15) is 0 Å². The maximum atomic E-state index is 6.24. The van der Waals surface area contributed by atoms with Gasteiger partial charge in [0.15, 0.2) is 11.5 Å². The molecule has 0 spiro atoms. The van der Waals surface area contributed by atoms with Crippen LogP contribution in [0.4, 0.5) is 11.4 Å². The van der Waals surface area contributed by atoms with Gasteiger partial charge in [-0.25, -0.2) is 4.98 Å². The average molecular weight is 470 g/mol. The van der Waals surface area contributed by atoms with Crippen molar-refractivity contribution in [1.29, 1.82) is 0 Å². The third-order valence-corrected chi connectivity index (χ3v) is 6.70. The highest BCUT2D eigenvalue weighted by molar-refractivity contribution is 7.18. The van der Waals surface area contributed by atoms with Gasteiger partial charge in [0.25, 0.3) is 0 Å². The third kappa shape index (κ3) is 3.94. The molecule has 0 atom stereocenters. The first-order valence-electron chi connectivity index (χ1n) is 9.55. The Morgan fingerprint density at radius 1 is 1.03 bits per heavy atom. The molecule has 0 amide bonds. The number of aliphatic imine (C=N–C) groups is 1. The summed E-state index contributed by atoms with van der Waals surface area (Å²) < 4.78 is 12.9. The van der Waals surface area contributed by atoms with Crippen molar-refractivity contribution >= 4 is 62.5 Å². The predicted octanol–water partition coefficient (Wildman–Crippen LogP) is 6.87. The number of anilines is 2. The molecule has 0 saturated heterocycles.